The zero-order chi connectivity index (χ0) is 22.2. The molecule has 0 N–H and O–H groups in total. The van der Waals surface area contributed by atoms with E-state index in [4.69, 9.17) is 21.2 Å². The summed E-state index contributed by atoms with van der Waals surface area (Å²) in [6.07, 6.45) is -0.907. The predicted molar refractivity (Wildman–Crippen MR) is 122 cm³/mol. The molecular weight excluding hydrogens is 428 g/mol. The van der Waals surface area contributed by atoms with Gasteiger partial charge in [0.2, 0.25) is 5.91 Å². The minimum absolute atomic E-state index is 0.292. The summed E-state index contributed by atoms with van der Waals surface area (Å²) in [5.74, 6) is -0.609. The van der Waals surface area contributed by atoms with Crippen LogP contribution in [0.2, 0.25) is 5.02 Å². The zero-order valence-electron chi connectivity index (χ0n) is 17.4. The lowest BCUT2D eigenvalue weighted by atomic mass is 9.90. The minimum atomic E-state index is -0.907. The van der Waals surface area contributed by atoms with Crippen LogP contribution in [0.15, 0.2) is 78.9 Å². The van der Waals surface area contributed by atoms with Gasteiger partial charge < -0.3 is 4.74 Å². The van der Waals surface area contributed by atoms with Gasteiger partial charge in [0.25, 0.3) is 5.91 Å². The van der Waals surface area contributed by atoms with Crippen molar-refractivity contribution in [3.05, 3.63) is 89.4 Å². The summed E-state index contributed by atoms with van der Waals surface area (Å²) in [6.45, 7) is 2.49. The minimum Gasteiger partial charge on any atom is -0.494 e. The van der Waals surface area contributed by atoms with Crippen molar-refractivity contribution in [1.82, 2.24) is 0 Å². The second-order valence-corrected chi connectivity index (χ2v) is 8.08. The molecular formula is C25H21ClN2O4. The molecule has 2 amide bonds. The van der Waals surface area contributed by atoms with Crippen LogP contribution in [0, 0.1) is 5.92 Å². The maximum Gasteiger partial charge on any atom is 0.266 e. The maximum absolute atomic E-state index is 13.6. The van der Waals surface area contributed by atoms with Crippen molar-refractivity contribution in [1.29, 1.82) is 0 Å². The molecule has 0 saturated carbocycles. The monoisotopic (exact) mass is 448 g/mol. The largest absolute Gasteiger partial charge is 0.494 e. The van der Waals surface area contributed by atoms with E-state index >= 15 is 0 Å². The summed E-state index contributed by atoms with van der Waals surface area (Å²) in [6, 6.07) is 23.2. The van der Waals surface area contributed by atoms with E-state index < -0.39 is 18.1 Å². The van der Waals surface area contributed by atoms with E-state index in [1.165, 1.54) is 4.90 Å². The third-order valence-corrected chi connectivity index (χ3v) is 6.00. The summed E-state index contributed by atoms with van der Waals surface area (Å²) >= 11 is 5.98. The van der Waals surface area contributed by atoms with Crippen molar-refractivity contribution in [3.8, 4) is 5.75 Å². The Labute approximate surface area is 190 Å². The van der Waals surface area contributed by atoms with Gasteiger partial charge in [-0.3, -0.25) is 14.4 Å². The Morgan fingerprint density at radius 3 is 2.22 bits per heavy atom. The van der Waals surface area contributed by atoms with E-state index in [0.717, 1.165) is 17.0 Å². The van der Waals surface area contributed by atoms with E-state index in [1.54, 1.807) is 29.3 Å². The van der Waals surface area contributed by atoms with Crippen molar-refractivity contribution in [3.63, 3.8) is 0 Å². The molecule has 32 heavy (non-hydrogen) atoms. The topological polar surface area (TPSA) is 59.1 Å². The molecule has 0 aliphatic carbocycles. The Kier molecular flexibility index (Phi) is 5.33. The number of halogens is 1. The Balaban J connectivity index is 1.55. The van der Waals surface area contributed by atoms with Gasteiger partial charge in [0.15, 0.2) is 6.10 Å². The quantitative estimate of drug-likeness (QED) is 0.525. The number of hydrogen-bond acceptors (Lipinski definition) is 5. The summed E-state index contributed by atoms with van der Waals surface area (Å²) in [4.78, 5) is 34.2. The van der Waals surface area contributed by atoms with Crippen LogP contribution in [0.25, 0.3) is 0 Å². The standard InChI is InChI=1S/C25H21ClN2O4/c1-2-31-20-14-8-16(9-15-20)22-21-23(32-28(22)19-6-4-3-5-7-19)25(30)27(24(21)29)18-12-10-17(26)11-13-18/h3-15,21-23H,2H2,1H3/t21-,22+,23+/m0/s1. The number of anilines is 2. The fraction of sp³-hybridized carbons (Fsp3) is 0.200. The molecule has 0 unspecified atom stereocenters. The van der Waals surface area contributed by atoms with Gasteiger partial charge in [0, 0.05) is 5.02 Å². The first-order chi connectivity index (χ1) is 15.6. The molecule has 0 bridgehead atoms. The van der Waals surface area contributed by atoms with E-state index in [9.17, 15) is 9.59 Å². The molecule has 2 heterocycles. The molecule has 3 aromatic rings. The lowest BCUT2D eigenvalue weighted by Crippen LogP contribution is -2.37. The Hall–Kier alpha value is -3.35. The predicted octanol–water partition coefficient (Wildman–Crippen LogP) is 4.79. The second-order valence-electron chi connectivity index (χ2n) is 7.65. The number of benzene rings is 3. The highest BCUT2D eigenvalue weighted by atomic mass is 35.5. The molecule has 2 saturated heterocycles. The summed E-state index contributed by atoms with van der Waals surface area (Å²) in [7, 11) is 0. The average Bonchev–Trinajstić information content (AvgIpc) is 3.32. The molecule has 0 radical (unpaired) electrons. The number of carbonyl (C=O) groups excluding carboxylic acids is 2. The highest BCUT2D eigenvalue weighted by Crippen LogP contribution is 2.47. The molecule has 0 aromatic heterocycles. The van der Waals surface area contributed by atoms with Crippen molar-refractivity contribution in [2.75, 3.05) is 16.6 Å². The average molecular weight is 449 g/mol. The Morgan fingerprint density at radius 1 is 0.875 bits per heavy atom. The third-order valence-electron chi connectivity index (χ3n) is 5.74. The highest BCUT2D eigenvalue weighted by molar-refractivity contribution is 6.31. The first kappa shape index (κ1) is 20.5. The lowest BCUT2D eigenvalue weighted by Gasteiger charge is -2.28. The Morgan fingerprint density at radius 2 is 1.56 bits per heavy atom. The van der Waals surface area contributed by atoms with Gasteiger partial charge in [-0.15, -0.1) is 0 Å². The Bertz CT molecular complexity index is 1130. The second kappa shape index (κ2) is 8.30. The van der Waals surface area contributed by atoms with Crippen LogP contribution in [0.4, 0.5) is 11.4 Å². The molecule has 2 fully saturated rings. The zero-order valence-corrected chi connectivity index (χ0v) is 18.1. The van der Waals surface area contributed by atoms with Crippen molar-refractivity contribution < 1.29 is 19.2 Å². The van der Waals surface area contributed by atoms with Crippen LogP contribution in [0.3, 0.4) is 0 Å². The fourth-order valence-corrected chi connectivity index (χ4v) is 4.45. The van der Waals surface area contributed by atoms with E-state index in [-0.39, 0.29) is 11.8 Å². The fourth-order valence-electron chi connectivity index (χ4n) is 4.32. The van der Waals surface area contributed by atoms with Gasteiger partial charge in [-0.2, -0.15) is 0 Å². The molecule has 2 aliphatic heterocycles. The number of fused-ring (bicyclic) bond motifs is 1. The molecule has 6 nitrogen and oxygen atoms in total. The van der Waals surface area contributed by atoms with Gasteiger partial charge in [0.1, 0.15) is 11.7 Å². The van der Waals surface area contributed by atoms with Crippen LogP contribution in [-0.4, -0.2) is 24.5 Å². The van der Waals surface area contributed by atoms with Gasteiger partial charge in [0.05, 0.1) is 24.0 Å². The molecule has 3 atom stereocenters. The van der Waals surface area contributed by atoms with Crippen molar-refractivity contribution in [2.24, 2.45) is 5.92 Å². The van der Waals surface area contributed by atoms with Crippen LogP contribution >= 0.6 is 11.6 Å². The van der Waals surface area contributed by atoms with Crippen LogP contribution in [0.5, 0.6) is 5.75 Å². The van der Waals surface area contributed by atoms with Gasteiger partial charge in [-0.25, -0.2) is 9.96 Å². The highest BCUT2D eigenvalue weighted by Gasteiger charge is 2.60. The van der Waals surface area contributed by atoms with Gasteiger partial charge in [-0.05, 0) is 61.0 Å². The summed E-state index contributed by atoms with van der Waals surface area (Å²) < 4.78 is 5.56. The first-order valence-electron chi connectivity index (χ1n) is 10.5. The lowest BCUT2D eigenvalue weighted by molar-refractivity contribution is -0.126. The molecule has 0 spiro atoms. The van der Waals surface area contributed by atoms with Crippen LogP contribution < -0.4 is 14.7 Å². The molecule has 162 valence electrons. The van der Waals surface area contributed by atoms with E-state index in [0.29, 0.717) is 17.3 Å². The number of hydrogen-bond donors (Lipinski definition) is 0. The van der Waals surface area contributed by atoms with Crippen molar-refractivity contribution in [2.45, 2.75) is 19.1 Å². The molecule has 2 aliphatic rings. The number of imide groups is 1. The van der Waals surface area contributed by atoms with Gasteiger partial charge >= 0.3 is 0 Å². The SMILES string of the molecule is CCOc1ccc([C@@H]2[C@@H]3C(=O)N(c4ccc(Cl)cc4)C(=O)[C@@H]3ON2c2ccccc2)cc1. The van der Waals surface area contributed by atoms with E-state index in [1.807, 2.05) is 61.5 Å². The number of amides is 2. The number of nitrogens with zero attached hydrogens (tertiary/aromatic N) is 2. The van der Waals surface area contributed by atoms with Crippen molar-refractivity contribution >= 4 is 34.8 Å². The maximum atomic E-state index is 13.6. The summed E-state index contributed by atoms with van der Waals surface area (Å²) in [5.41, 5.74) is 2.13. The van der Waals surface area contributed by atoms with E-state index in [2.05, 4.69) is 0 Å². The molecule has 5 rings (SSSR count). The number of rotatable bonds is 5. The number of carbonyl (C=O) groups is 2. The van der Waals surface area contributed by atoms with Crippen LogP contribution in [-0.2, 0) is 14.4 Å². The molecule has 7 heteroatoms. The first-order valence-corrected chi connectivity index (χ1v) is 10.8. The van der Waals surface area contributed by atoms with Crippen LogP contribution in [0.1, 0.15) is 18.5 Å². The van der Waals surface area contributed by atoms with Gasteiger partial charge in [-0.1, -0.05) is 41.9 Å². The number of hydroxylamine groups is 1. The smallest absolute Gasteiger partial charge is 0.266 e. The number of para-hydroxylation sites is 1. The third kappa shape index (κ3) is 3.42. The summed E-state index contributed by atoms with van der Waals surface area (Å²) in [5, 5.41) is 2.21. The molecule has 3 aromatic carbocycles. The normalized spacial score (nSPS) is 22.4. The number of ether oxygens (including phenoxy) is 1.